The predicted molar refractivity (Wildman–Crippen MR) is 150 cm³/mol. The molecule has 0 unspecified atom stereocenters. The van der Waals surface area contributed by atoms with Gasteiger partial charge in [-0.25, -0.2) is 22.9 Å². The molecule has 2 N–H and O–H groups in total. The van der Waals surface area contributed by atoms with Crippen molar-refractivity contribution >= 4 is 30.0 Å². The van der Waals surface area contributed by atoms with Gasteiger partial charge in [-0.1, -0.05) is 19.1 Å². The second kappa shape index (κ2) is 11.0. The van der Waals surface area contributed by atoms with E-state index in [1.807, 2.05) is 19.1 Å². The monoisotopic (exact) mass is 574 g/mol. The third kappa shape index (κ3) is 5.94. The lowest BCUT2D eigenvalue weighted by Gasteiger charge is -2.48. The van der Waals surface area contributed by atoms with Crippen molar-refractivity contribution in [2.45, 2.75) is 69.8 Å². The SMILES string of the molecule is COc1ncccc1-c1ccc(/C=C/[C@@H]2[C@@H]3[C@@H](C)N(C(=O)OC(C)(C)C)S[C@@]3(CC(N)=O)CC(F)(F)[C@H]2C)nc1. The summed E-state index contributed by atoms with van der Waals surface area (Å²) in [7, 11) is 1.54. The molecule has 40 heavy (non-hydrogen) atoms. The van der Waals surface area contributed by atoms with Crippen molar-refractivity contribution < 1.29 is 27.8 Å². The molecule has 2 aliphatic rings. The van der Waals surface area contributed by atoms with Crippen molar-refractivity contribution in [1.82, 2.24) is 14.3 Å². The number of alkyl halides is 2. The normalized spacial score (nSPS) is 27.9. The summed E-state index contributed by atoms with van der Waals surface area (Å²) in [6.07, 6.45) is 5.30. The number of ether oxygens (including phenoxy) is 2. The minimum Gasteiger partial charge on any atom is -0.481 e. The van der Waals surface area contributed by atoms with Crippen molar-refractivity contribution in [1.29, 1.82) is 0 Å². The van der Waals surface area contributed by atoms with Crippen LogP contribution in [0, 0.1) is 17.8 Å². The smallest absolute Gasteiger partial charge is 0.420 e. The van der Waals surface area contributed by atoms with Gasteiger partial charge in [0.05, 0.1) is 17.6 Å². The fraction of sp³-hybridized carbons (Fsp3) is 0.517. The summed E-state index contributed by atoms with van der Waals surface area (Å²) < 4.78 is 42.2. The lowest BCUT2D eigenvalue weighted by atomic mass is 9.61. The Labute approximate surface area is 237 Å². The van der Waals surface area contributed by atoms with Crippen LogP contribution in [-0.2, 0) is 9.53 Å². The first-order valence-corrected chi connectivity index (χ1v) is 14.0. The highest BCUT2D eigenvalue weighted by atomic mass is 32.2. The molecule has 3 heterocycles. The summed E-state index contributed by atoms with van der Waals surface area (Å²) in [4.78, 5) is 34.0. The number of rotatable bonds is 6. The maximum atomic E-state index is 15.6. The van der Waals surface area contributed by atoms with Gasteiger partial charge in [0.15, 0.2) is 0 Å². The highest BCUT2D eigenvalue weighted by molar-refractivity contribution is 7.99. The first-order chi connectivity index (χ1) is 18.7. The second-order valence-electron chi connectivity index (χ2n) is 11.6. The fourth-order valence-electron chi connectivity index (χ4n) is 5.85. The summed E-state index contributed by atoms with van der Waals surface area (Å²) in [5.41, 5.74) is 6.98. The number of aromatic nitrogens is 2. The number of allylic oxidation sites excluding steroid dienone is 1. The summed E-state index contributed by atoms with van der Waals surface area (Å²) in [6.45, 7) is 8.56. The van der Waals surface area contributed by atoms with Crippen LogP contribution in [0.15, 0.2) is 42.7 Å². The standard InChI is InChI=1S/C29H36F2N4O4S/c1-17-21(12-11-20-10-9-19(15-34-20)22-8-7-13-33-25(22)38-6)24-18(2)35(26(37)39-27(3,4)5)40-28(24,14-23(32)36)16-29(17,30)31/h7-13,15,17-18,21,24H,14,16H2,1-6H3,(H2,32,36)/b12-11+/t17-,18+,21-,24-,28-/m0/s1. The van der Waals surface area contributed by atoms with Crippen LogP contribution in [0.1, 0.15) is 53.2 Å². The van der Waals surface area contributed by atoms with E-state index in [0.29, 0.717) is 11.6 Å². The van der Waals surface area contributed by atoms with Crippen LogP contribution in [0.3, 0.4) is 0 Å². The summed E-state index contributed by atoms with van der Waals surface area (Å²) in [6, 6.07) is 6.84. The van der Waals surface area contributed by atoms with Gasteiger partial charge in [-0.2, -0.15) is 0 Å². The molecule has 0 spiro atoms. The summed E-state index contributed by atoms with van der Waals surface area (Å²) in [5.74, 6) is -5.49. The third-order valence-corrected chi connectivity index (χ3v) is 9.17. The van der Waals surface area contributed by atoms with Crippen LogP contribution < -0.4 is 10.5 Å². The lowest BCUT2D eigenvalue weighted by molar-refractivity contribution is -0.133. The van der Waals surface area contributed by atoms with E-state index in [4.69, 9.17) is 15.2 Å². The van der Waals surface area contributed by atoms with Gasteiger partial charge in [0, 0.05) is 54.2 Å². The number of nitrogens with two attached hydrogens (primary N) is 1. The van der Waals surface area contributed by atoms with Gasteiger partial charge in [0.1, 0.15) is 5.60 Å². The molecule has 11 heteroatoms. The van der Waals surface area contributed by atoms with Gasteiger partial charge < -0.3 is 15.2 Å². The van der Waals surface area contributed by atoms with E-state index in [0.717, 1.165) is 23.1 Å². The van der Waals surface area contributed by atoms with Gasteiger partial charge in [0.25, 0.3) is 5.92 Å². The molecule has 0 bridgehead atoms. The van der Waals surface area contributed by atoms with E-state index in [9.17, 15) is 9.59 Å². The van der Waals surface area contributed by atoms with Crippen molar-refractivity contribution in [3.05, 3.63) is 48.4 Å². The molecule has 1 aliphatic carbocycles. The maximum Gasteiger partial charge on any atom is 0.420 e. The molecule has 0 aromatic carbocycles. The van der Waals surface area contributed by atoms with Crippen molar-refractivity contribution in [3.8, 4) is 17.0 Å². The van der Waals surface area contributed by atoms with Crippen molar-refractivity contribution in [3.63, 3.8) is 0 Å². The van der Waals surface area contributed by atoms with Crippen LogP contribution in [0.25, 0.3) is 17.2 Å². The maximum absolute atomic E-state index is 15.6. The van der Waals surface area contributed by atoms with E-state index in [1.165, 1.54) is 11.2 Å². The number of carbonyl (C=O) groups is 2. The Morgan fingerprint density at radius 1 is 1.23 bits per heavy atom. The molecule has 2 aromatic rings. The molecule has 1 saturated carbocycles. The number of methoxy groups -OCH3 is 1. The number of halogens is 2. The number of pyridine rings is 2. The van der Waals surface area contributed by atoms with Gasteiger partial charge in [-0.15, -0.1) is 0 Å². The molecule has 2 aromatic heterocycles. The first kappa shape index (κ1) is 29.8. The molecule has 2 fully saturated rings. The molecule has 4 rings (SSSR count). The molecule has 1 saturated heterocycles. The average molecular weight is 575 g/mol. The molecule has 216 valence electrons. The second-order valence-corrected chi connectivity index (χ2v) is 13.0. The van der Waals surface area contributed by atoms with E-state index in [2.05, 4.69) is 9.97 Å². The molecule has 8 nitrogen and oxygen atoms in total. The quantitative estimate of drug-likeness (QED) is 0.423. The molecular formula is C29H36F2N4O4S. The third-order valence-electron chi connectivity index (χ3n) is 7.57. The highest BCUT2D eigenvalue weighted by Gasteiger charge is 2.66. The number of nitrogens with zero attached hydrogens (tertiary/aromatic N) is 3. The summed E-state index contributed by atoms with van der Waals surface area (Å²) >= 11 is 0.971. The Kier molecular flexibility index (Phi) is 8.18. The van der Waals surface area contributed by atoms with Crippen molar-refractivity contribution in [2.24, 2.45) is 23.5 Å². The fourth-order valence-corrected chi connectivity index (χ4v) is 7.59. The zero-order valence-electron chi connectivity index (χ0n) is 23.6. The van der Waals surface area contributed by atoms with E-state index < -0.39 is 58.5 Å². The number of amides is 2. The van der Waals surface area contributed by atoms with Gasteiger partial charge >= 0.3 is 6.09 Å². The minimum absolute atomic E-state index is 0.279. The first-order valence-electron chi connectivity index (χ1n) is 13.2. The average Bonchev–Trinajstić information content (AvgIpc) is 3.14. The Hall–Kier alpha value is -3.21. The molecule has 2 amide bonds. The van der Waals surface area contributed by atoms with Gasteiger partial charge in [-0.05, 0) is 69.8 Å². The zero-order chi connectivity index (χ0) is 29.5. The van der Waals surface area contributed by atoms with Crippen molar-refractivity contribution in [2.75, 3.05) is 7.11 Å². The van der Waals surface area contributed by atoms with Crippen LogP contribution >= 0.6 is 11.9 Å². The molecule has 5 atom stereocenters. The van der Waals surface area contributed by atoms with Crippen LogP contribution in [0.4, 0.5) is 13.6 Å². The summed E-state index contributed by atoms with van der Waals surface area (Å²) in [5, 5.41) is 0. The topological polar surface area (TPSA) is 108 Å². The lowest BCUT2D eigenvalue weighted by Crippen LogP contribution is -2.55. The van der Waals surface area contributed by atoms with E-state index >= 15 is 8.78 Å². The Balaban J connectivity index is 1.68. The number of primary amides is 1. The van der Waals surface area contributed by atoms with E-state index in [-0.39, 0.29) is 6.42 Å². The Bertz CT molecular complexity index is 1280. The van der Waals surface area contributed by atoms with Crippen LogP contribution in [-0.4, -0.2) is 55.7 Å². The highest BCUT2D eigenvalue weighted by Crippen LogP contribution is 2.63. The number of hydrogen-bond acceptors (Lipinski definition) is 7. The van der Waals surface area contributed by atoms with Gasteiger partial charge in [0.2, 0.25) is 11.8 Å². The number of carbonyl (C=O) groups excluding carboxylic acids is 2. The minimum atomic E-state index is -3.09. The number of hydrogen-bond donors (Lipinski definition) is 1. The van der Waals surface area contributed by atoms with E-state index in [1.54, 1.807) is 64.6 Å². The van der Waals surface area contributed by atoms with Crippen LogP contribution in [0.2, 0.25) is 0 Å². The zero-order valence-corrected chi connectivity index (χ0v) is 24.4. The Morgan fingerprint density at radius 3 is 2.55 bits per heavy atom. The molecular weight excluding hydrogens is 538 g/mol. The molecule has 0 radical (unpaired) electrons. The predicted octanol–water partition coefficient (Wildman–Crippen LogP) is 5.97. The molecule has 1 aliphatic heterocycles. The van der Waals surface area contributed by atoms with Crippen LogP contribution in [0.5, 0.6) is 5.88 Å². The largest absolute Gasteiger partial charge is 0.481 e. The number of fused-ring (bicyclic) bond motifs is 1. The van der Waals surface area contributed by atoms with Gasteiger partial charge in [-0.3, -0.25) is 9.78 Å². The Morgan fingerprint density at radius 2 is 1.95 bits per heavy atom.